The zero-order valence-electron chi connectivity index (χ0n) is 18.6. The molecule has 2 saturated heterocycles. The van der Waals surface area contributed by atoms with Gasteiger partial charge in [-0.2, -0.15) is 0 Å². The lowest BCUT2D eigenvalue weighted by atomic mass is 10.0. The molecule has 0 aliphatic carbocycles. The normalized spacial score (nSPS) is 18.9. The summed E-state index contributed by atoms with van der Waals surface area (Å²) in [6, 6.07) is 5.17. The topological polar surface area (TPSA) is 83.5 Å². The number of halogens is 3. The van der Waals surface area contributed by atoms with Gasteiger partial charge in [0, 0.05) is 30.6 Å². The third-order valence-electron chi connectivity index (χ3n) is 6.23. The third-order valence-corrected chi connectivity index (χ3v) is 6.23. The van der Waals surface area contributed by atoms with E-state index in [1.165, 1.54) is 12.1 Å². The third kappa shape index (κ3) is 3.95. The summed E-state index contributed by atoms with van der Waals surface area (Å²) in [5.41, 5.74) is 0.0964. The molecule has 0 bridgehead atoms. The van der Waals surface area contributed by atoms with Crippen molar-refractivity contribution in [3.05, 3.63) is 53.2 Å². The fraction of sp³-hybridized carbons (Fsp3) is 0.391. The summed E-state index contributed by atoms with van der Waals surface area (Å²) in [7, 11) is 0. The second-order valence-corrected chi connectivity index (χ2v) is 8.47. The van der Waals surface area contributed by atoms with Gasteiger partial charge < -0.3 is 15.0 Å². The predicted octanol–water partition coefficient (Wildman–Crippen LogP) is 4.22. The largest absolute Gasteiger partial charge is 0.447 e. The second-order valence-electron chi connectivity index (χ2n) is 8.47. The van der Waals surface area contributed by atoms with Gasteiger partial charge in [-0.25, -0.2) is 32.9 Å². The van der Waals surface area contributed by atoms with Crippen molar-refractivity contribution >= 4 is 28.6 Å². The number of hydrogen-bond donors (Lipinski definition) is 1. The van der Waals surface area contributed by atoms with Crippen LogP contribution in [0.4, 0.5) is 29.6 Å². The maximum atomic E-state index is 14.7. The van der Waals surface area contributed by atoms with Gasteiger partial charge >= 0.3 is 6.09 Å². The lowest BCUT2D eigenvalue weighted by Crippen LogP contribution is -2.52. The van der Waals surface area contributed by atoms with E-state index in [4.69, 9.17) is 4.74 Å². The molecule has 2 fully saturated rings. The van der Waals surface area contributed by atoms with Gasteiger partial charge in [0.15, 0.2) is 0 Å². The molecule has 178 valence electrons. The first-order valence-electron chi connectivity index (χ1n) is 11.0. The van der Waals surface area contributed by atoms with Gasteiger partial charge in [0.05, 0.1) is 29.4 Å². The highest BCUT2D eigenvalue weighted by atomic mass is 19.3. The molecule has 0 saturated carbocycles. The first kappa shape index (κ1) is 22.2. The molecule has 1 unspecified atom stereocenters. The van der Waals surface area contributed by atoms with Crippen LogP contribution < -0.4 is 10.2 Å². The number of amides is 1. The summed E-state index contributed by atoms with van der Waals surface area (Å²) in [6.07, 6.45) is -1.54. The number of aromatic nitrogens is 3. The number of ether oxygens (including phenoxy) is 1. The average Bonchev–Trinajstić information content (AvgIpc) is 3.18. The zero-order valence-corrected chi connectivity index (χ0v) is 18.6. The molecule has 8 nitrogen and oxygen atoms in total. The van der Waals surface area contributed by atoms with Crippen LogP contribution in [-0.4, -0.2) is 58.2 Å². The number of anilines is 2. The number of carbonyl (C=O) groups is 1. The minimum Gasteiger partial charge on any atom is -0.447 e. The van der Waals surface area contributed by atoms with Gasteiger partial charge in [-0.3, -0.25) is 4.90 Å². The van der Waals surface area contributed by atoms with E-state index in [9.17, 15) is 18.0 Å². The van der Waals surface area contributed by atoms with Crippen molar-refractivity contribution in [2.45, 2.75) is 32.4 Å². The number of nitrogens with zero attached hydrogens (tertiary/aromatic N) is 5. The Morgan fingerprint density at radius 1 is 1.21 bits per heavy atom. The van der Waals surface area contributed by atoms with Gasteiger partial charge in [-0.1, -0.05) is 18.2 Å². The minimum absolute atomic E-state index is 0.0317. The number of alkyl halides is 2. The molecule has 3 aromatic rings. The van der Waals surface area contributed by atoms with E-state index in [0.717, 1.165) is 6.07 Å². The van der Waals surface area contributed by atoms with E-state index in [1.807, 2.05) is 6.07 Å². The molecule has 4 heterocycles. The SMILES string of the molecule is Cc1nc(N[C@H](C)c2cccc(C(F)F)c2F)c2cc(N3CCN4C(=O)OCC4C3)ncc2n1. The molecular weight excluding hydrogens is 449 g/mol. The summed E-state index contributed by atoms with van der Waals surface area (Å²) >= 11 is 0. The van der Waals surface area contributed by atoms with Crippen molar-refractivity contribution in [2.75, 3.05) is 36.5 Å². The van der Waals surface area contributed by atoms with Crippen LogP contribution in [0.1, 0.15) is 36.3 Å². The number of aryl methyl sites for hydroxylation is 1. The van der Waals surface area contributed by atoms with Crippen molar-refractivity contribution in [3.63, 3.8) is 0 Å². The van der Waals surface area contributed by atoms with E-state index >= 15 is 0 Å². The quantitative estimate of drug-likeness (QED) is 0.595. The van der Waals surface area contributed by atoms with Gasteiger partial charge in [0.1, 0.15) is 29.9 Å². The number of piperazine rings is 1. The van der Waals surface area contributed by atoms with E-state index in [-0.39, 0.29) is 17.7 Å². The minimum atomic E-state index is -2.90. The van der Waals surface area contributed by atoms with Crippen molar-refractivity contribution < 1.29 is 22.7 Å². The lowest BCUT2D eigenvalue weighted by molar-refractivity contribution is 0.146. The Kier molecular flexibility index (Phi) is 5.62. The van der Waals surface area contributed by atoms with Crippen LogP contribution in [0.25, 0.3) is 10.9 Å². The summed E-state index contributed by atoms with van der Waals surface area (Å²) in [6.45, 7) is 5.49. The molecule has 0 radical (unpaired) electrons. The van der Waals surface area contributed by atoms with Crippen LogP contribution in [0.2, 0.25) is 0 Å². The number of pyridine rings is 1. The fourth-order valence-corrected chi connectivity index (χ4v) is 4.47. The van der Waals surface area contributed by atoms with E-state index in [0.29, 0.717) is 54.6 Å². The fourth-order valence-electron chi connectivity index (χ4n) is 4.47. The Hall–Kier alpha value is -3.63. The molecule has 0 spiro atoms. The van der Waals surface area contributed by atoms with Crippen LogP contribution in [-0.2, 0) is 4.74 Å². The predicted molar refractivity (Wildman–Crippen MR) is 120 cm³/mol. The molecule has 1 amide bonds. The Labute approximate surface area is 193 Å². The molecule has 2 atom stereocenters. The number of fused-ring (bicyclic) bond motifs is 2. The number of rotatable bonds is 5. The van der Waals surface area contributed by atoms with Crippen LogP contribution in [0.3, 0.4) is 0 Å². The monoisotopic (exact) mass is 472 g/mol. The Morgan fingerprint density at radius 3 is 2.79 bits per heavy atom. The Bertz CT molecular complexity index is 1260. The van der Waals surface area contributed by atoms with Crippen LogP contribution in [0.5, 0.6) is 0 Å². The maximum Gasteiger partial charge on any atom is 0.410 e. The molecular formula is C23H23F3N6O2. The van der Waals surface area contributed by atoms with Crippen molar-refractivity contribution in [2.24, 2.45) is 0 Å². The maximum absolute atomic E-state index is 14.7. The molecule has 34 heavy (non-hydrogen) atoms. The van der Waals surface area contributed by atoms with Crippen LogP contribution >= 0.6 is 0 Å². The molecule has 2 aromatic heterocycles. The Balaban J connectivity index is 1.46. The van der Waals surface area contributed by atoms with Crippen molar-refractivity contribution in [3.8, 4) is 0 Å². The molecule has 2 aliphatic rings. The van der Waals surface area contributed by atoms with E-state index < -0.39 is 23.8 Å². The number of carbonyl (C=O) groups excluding carboxylic acids is 1. The van der Waals surface area contributed by atoms with Gasteiger partial charge in [0.2, 0.25) is 0 Å². The molecule has 5 rings (SSSR count). The summed E-state index contributed by atoms with van der Waals surface area (Å²) in [5.74, 6) is 0.717. The van der Waals surface area contributed by atoms with Crippen molar-refractivity contribution in [1.82, 2.24) is 19.9 Å². The van der Waals surface area contributed by atoms with Gasteiger partial charge in [0.25, 0.3) is 6.43 Å². The smallest absolute Gasteiger partial charge is 0.410 e. The highest BCUT2D eigenvalue weighted by Crippen LogP contribution is 2.31. The lowest BCUT2D eigenvalue weighted by Gasteiger charge is -2.36. The summed E-state index contributed by atoms with van der Waals surface area (Å²) in [5, 5.41) is 3.84. The number of benzene rings is 1. The van der Waals surface area contributed by atoms with E-state index in [2.05, 4.69) is 25.2 Å². The summed E-state index contributed by atoms with van der Waals surface area (Å²) in [4.78, 5) is 29.1. The van der Waals surface area contributed by atoms with Crippen LogP contribution in [0, 0.1) is 12.7 Å². The van der Waals surface area contributed by atoms with Gasteiger partial charge in [-0.05, 0) is 19.9 Å². The number of nitrogens with one attached hydrogen (secondary N) is 1. The highest BCUT2D eigenvalue weighted by Gasteiger charge is 2.37. The highest BCUT2D eigenvalue weighted by molar-refractivity contribution is 5.90. The van der Waals surface area contributed by atoms with Crippen LogP contribution in [0.15, 0.2) is 30.5 Å². The molecule has 1 aromatic carbocycles. The Morgan fingerprint density at radius 2 is 2.00 bits per heavy atom. The summed E-state index contributed by atoms with van der Waals surface area (Å²) < 4.78 is 46.2. The standard InChI is InChI=1S/C23H23F3N6O2/c1-12(15-4-3-5-16(20(15)24)21(25)26)28-22-17-8-19(27-9-18(17)29-13(2)30-22)31-6-7-32-14(10-31)11-34-23(32)33/h3-5,8-9,12,14,21H,6-7,10-11H2,1-2H3,(H,28,29,30)/t12-,14?/m1/s1. The van der Waals surface area contributed by atoms with Crippen molar-refractivity contribution in [1.29, 1.82) is 0 Å². The first-order valence-corrected chi connectivity index (χ1v) is 11.0. The molecule has 11 heteroatoms. The molecule has 2 aliphatic heterocycles. The van der Waals surface area contributed by atoms with Gasteiger partial charge in [-0.15, -0.1) is 0 Å². The van der Waals surface area contributed by atoms with E-state index in [1.54, 1.807) is 24.9 Å². The second kappa shape index (κ2) is 8.62. The number of cyclic esters (lactones) is 1. The molecule has 1 N–H and O–H groups in total. The zero-order chi connectivity index (χ0) is 24.0. The number of hydrogen-bond acceptors (Lipinski definition) is 7. The average molecular weight is 472 g/mol. The first-order chi connectivity index (χ1) is 16.3.